The molecule has 4 aromatic rings. The Labute approximate surface area is 522 Å². The molecule has 89 heavy (non-hydrogen) atoms. The Hall–Kier alpha value is -7.38. The summed E-state index contributed by atoms with van der Waals surface area (Å²) in [5.74, 6) is 2.80. The molecule has 0 aliphatic rings. The van der Waals surface area contributed by atoms with Crippen molar-refractivity contribution < 1.29 is 75.1 Å². The number of rotatable bonds is 47. The Morgan fingerprint density at radius 2 is 1.04 bits per heavy atom. The Kier molecular flexibility index (Phi) is 37.4. The first-order valence-electron chi connectivity index (χ1n) is 29.9. The average Bonchev–Trinajstić information content (AvgIpc) is 3.75. The fourth-order valence-electron chi connectivity index (χ4n) is 8.97. The van der Waals surface area contributed by atoms with Gasteiger partial charge in [-0.15, -0.1) is 0 Å². The van der Waals surface area contributed by atoms with Crippen LogP contribution in [0.1, 0.15) is 36.0 Å². The minimum Gasteiger partial charge on any atom is -0.492 e. The Morgan fingerprint density at radius 1 is 0.506 bits per heavy atom. The van der Waals surface area contributed by atoms with Crippen LogP contribution in [-0.4, -0.2) is 276 Å². The molecule has 3 aromatic carbocycles. The van der Waals surface area contributed by atoms with Crippen molar-refractivity contribution in [3.05, 3.63) is 126 Å². The molecule has 0 saturated carbocycles. The largest absolute Gasteiger partial charge is 0.492 e. The molecule has 0 aliphatic carbocycles. The van der Waals surface area contributed by atoms with Crippen molar-refractivity contribution in [3.63, 3.8) is 0 Å². The maximum absolute atomic E-state index is 10.5. The Bertz CT molecular complexity index is 2710. The van der Waals surface area contributed by atoms with Gasteiger partial charge in [-0.2, -0.15) is 19.9 Å². The van der Waals surface area contributed by atoms with E-state index >= 15 is 0 Å². The van der Waals surface area contributed by atoms with E-state index in [-0.39, 0.29) is 194 Å². The van der Waals surface area contributed by atoms with E-state index in [4.69, 9.17) is 43.9 Å². The average molecular weight is 1250 g/mol. The Balaban J connectivity index is 1.82. The first-order chi connectivity index (χ1) is 43.5. The lowest BCUT2D eigenvalue weighted by atomic mass is 10.1. The van der Waals surface area contributed by atoms with Crippen LogP contribution >= 0.6 is 0 Å². The van der Waals surface area contributed by atoms with Gasteiger partial charge in [-0.3, -0.25) is 4.90 Å². The number of ether oxygens (including phenoxy) is 4. The van der Waals surface area contributed by atoms with Crippen LogP contribution in [0.5, 0.6) is 17.2 Å². The van der Waals surface area contributed by atoms with Crippen molar-refractivity contribution in [1.29, 1.82) is 0 Å². The zero-order valence-electron chi connectivity index (χ0n) is 51.1. The second kappa shape index (κ2) is 45.0. The van der Waals surface area contributed by atoms with Crippen molar-refractivity contribution in [1.82, 2.24) is 29.7 Å². The molecule has 1 heterocycles. The molecule has 0 amide bonds. The topological polar surface area (TPSA) is 355 Å². The molecule has 1 aromatic heterocycles. The van der Waals surface area contributed by atoms with Crippen LogP contribution in [0.4, 0.5) is 17.8 Å². The number of hydrogen-bond acceptors (Lipinski definition) is 23. The number of para-hydroxylation sites is 2. The highest BCUT2D eigenvalue weighted by Crippen LogP contribution is 2.26. The summed E-state index contributed by atoms with van der Waals surface area (Å²) in [4.78, 5) is 39.8. The number of guanidine groups is 2. The molecular weight excluding hydrogens is 1150 g/mol. The third kappa shape index (κ3) is 27.5. The smallest absolute Gasteiger partial charge is 0.232 e. The predicted molar refractivity (Wildman–Crippen MR) is 342 cm³/mol. The minimum absolute atomic E-state index is 0.00514. The number of aliphatic imine (C=N–C) groups is 3. The number of anilines is 3. The first-order valence-corrected chi connectivity index (χ1v) is 29.9. The summed E-state index contributed by atoms with van der Waals surface area (Å²) in [5, 5.41) is 109. The lowest BCUT2D eigenvalue weighted by molar-refractivity contribution is 0.153. The predicted octanol–water partition coefficient (Wildman–Crippen LogP) is 0.445. The summed E-state index contributed by atoms with van der Waals surface area (Å²) in [6, 6.07) is 22.0. The van der Waals surface area contributed by atoms with E-state index in [1.165, 1.54) is 0 Å². The van der Waals surface area contributed by atoms with Gasteiger partial charge in [0.2, 0.25) is 29.8 Å². The van der Waals surface area contributed by atoms with Crippen LogP contribution in [-0.2, 0) is 24.2 Å². The van der Waals surface area contributed by atoms with Gasteiger partial charge in [0.05, 0.1) is 66.1 Å². The van der Waals surface area contributed by atoms with Gasteiger partial charge in [0.15, 0.2) is 0 Å². The van der Waals surface area contributed by atoms with Crippen molar-refractivity contribution in [3.8, 4) is 17.2 Å². The highest BCUT2D eigenvalue weighted by atomic mass is 16.5. The molecule has 492 valence electrons. The van der Waals surface area contributed by atoms with Gasteiger partial charge in [-0.25, -0.2) is 9.98 Å². The number of benzene rings is 3. The Morgan fingerprint density at radius 3 is 1.62 bits per heavy atom. The van der Waals surface area contributed by atoms with Gasteiger partial charge in [0.25, 0.3) is 0 Å². The fraction of sp³-hybridized carbons (Fsp3) is 0.516. The number of aromatic nitrogens is 3. The molecule has 0 spiro atoms. The highest BCUT2D eigenvalue weighted by Gasteiger charge is 2.23. The SMILES string of the molecule is C=NC(=NC(=NCN(CCO)CC/C=C\C(=C/C(=C)OCCO)CN(Cc1ccc(OCCO)cc1)c1nc(N(CCO)CCO)nc(N(CCCO)CCCO)n1)N(CCO)Cc1ccccc1OCCO)N(CCO)CCc1ccccc1OCCO. The molecular formula is C62H94N12O15. The van der Waals surface area contributed by atoms with E-state index < -0.39 is 0 Å². The summed E-state index contributed by atoms with van der Waals surface area (Å²) >= 11 is 0. The third-order valence-corrected chi connectivity index (χ3v) is 13.2. The quantitative estimate of drug-likeness (QED) is 0.0124. The monoisotopic (exact) mass is 1250 g/mol. The number of hydrogen-bond donors (Lipinski definition) is 11. The van der Waals surface area contributed by atoms with Gasteiger partial charge in [0, 0.05) is 97.3 Å². The molecule has 27 nitrogen and oxygen atoms in total. The molecule has 0 unspecified atom stereocenters. The zero-order valence-corrected chi connectivity index (χ0v) is 51.1. The van der Waals surface area contributed by atoms with E-state index in [9.17, 15) is 56.2 Å². The molecule has 0 fully saturated rings. The van der Waals surface area contributed by atoms with Crippen LogP contribution in [0.3, 0.4) is 0 Å². The summed E-state index contributed by atoms with van der Waals surface area (Å²) in [6.45, 7) is 8.26. The van der Waals surface area contributed by atoms with Crippen LogP contribution in [0.15, 0.2) is 124 Å². The number of allylic oxidation sites excluding steroid dienone is 1. The van der Waals surface area contributed by atoms with E-state index in [1.807, 2.05) is 81.4 Å². The minimum atomic E-state index is -0.298. The molecule has 11 N–H and O–H groups in total. The second-order valence-electron chi connectivity index (χ2n) is 19.8. The molecule has 0 radical (unpaired) electrons. The molecule has 0 atom stereocenters. The van der Waals surface area contributed by atoms with E-state index in [2.05, 4.69) is 18.3 Å². The van der Waals surface area contributed by atoms with Crippen LogP contribution in [0.2, 0.25) is 0 Å². The standard InChI is InChI=1S/C62H94N12O15/c1-50(86-41-37-82)45-52(47-74(46-51-16-18-55(19-17-51)87-42-38-83)62-67-60(70(22-9-30-75)23-10-31-76)66-61(68-62)72(27-34-79)28-35-80)11-7-8-21-69(25-32-77)49-64-59(73(29-36-81)48-54-13-4-6-15-57(54)89-44-40-85)65-58(63-2)71(26-33-78)24-20-53-12-3-5-14-56(53)88-43-39-84/h3-7,11-19,45,75-85H,1-2,8-10,20-44,46-49H2/b11-7-,52-45+,64-59?,65-58?. The summed E-state index contributed by atoms with van der Waals surface area (Å²) in [7, 11) is 0. The fourth-order valence-corrected chi connectivity index (χ4v) is 8.97. The van der Waals surface area contributed by atoms with Crippen molar-refractivity contribution >= 4 is 36.5 Å². The van der Waals surface area contributed by atoms with Crippen molar-refractivity contribution in [2.45, 2.75) is 38.8 Å². The van der Waals surface area contributed by atoms with Crippen LogP contribution in [0.25, 0.3) is 0 Å². The van der Waals surface area contributed by atoms with Gasteiger partial charge < -0.3 is 99.6 Å². The van der Waals surface area contributed by atoms with E-state index in [1.54, 1.807) is 39.0 Å². The van der Waals surface area contributed by atoms with Crippen molar-refractivity contribution in [2.75, 3.05) is 186 Å². The van der Waals surface area contributed by atoms with E-state index in [0.717, 1.165) is 11.1 Å². The maximum Gasteiger partial charge on any atom is 0.232 e. The zero-order chi connectivity index (χ0) is 64.3. The van der Waals surface area contributed by atoms with Gasteiger partial charge in [0.1, 0.15) is 49.4 Å². The van der Waals surface area contributed by atoms with Crippen LogP contribution < -0.4 is 28.9 Å². The first kappa shape index (κ1) is 74.1. The summed E-state index contributed by atoms with van der Waals surface area (Å²) < 4.78 is 23.1. The van der Waals surface area contributed by atoms with E-state index in [0.29, 0.717) is 80.2 Å². The third-order valence-electron chi connectivity index (χ3n) is 13.2. The normalized spacial score (nSPS) is 12.0. The molecule has 0 bridgehead atoms. The van der Waals surface area contributed by atoms with Crippen molar-refractivity contribution in [2.24, 2.45) is 15.0 Å². The number of aliphatic hydroxyl groups excluding tert-OH is 11. The molecule has 0 saturated heterocycles. The number of nitrogens with zero attached hydrogens (tertiary/aromatic N) is 12. The lowest BCUT2D eigenvalue weighted by Gasteiger charge is -2.29. The molecule has 4 rings (SSSR count). The summed E-state index contributed by atoms with van der Waals surface area (Å²) in [6.07, 6.45) is 7.15. The molecule has 0 aliphatic heterocycles. The van der Waals surface area contributed by atoms with Gasteiger partial charge in [-0.05, 0) is 79.4 Å². The lowest BCUT2D eigenvalue weighted by Crippen LogP contribution is -2.39. The highest BCUT2D eigenvalue weighted by molar-refractivity contribution is 5.96. The van der Waals surface area contributed by atoms with Gasteiger partial charge >= 0.3 is 0 Å². The summed E-state index contributed by atoms with van der Waals surface area (Å²) in [5.41, 5.74) is 3.03. The van der Waals surface area contributed by atoms with Gasteiger partial charge in [-0.1, -0.05) is 67.3 Å². The number of aliphatic hydroxyl groups is 11. The molecule has 27 heteroatoms. The maximum atomic E-state index is 10.5. The van der Waals surface area contributed by atoms with Crippen LogP contribution in [0, 0.1) is 0 Å². The second-order valence-corrected chi connectivity index (χ2v) is 19.8.